The summed E-state index contributed by atoms with van der Waals surface area (Å²) in [6, 6.07) is 14.7. The molecule has 12 heteroatoms. The molecule has 0 aliphatic carbocycles. The number of aromatic amines is 1. The van der Waals surface area contributed by atoms with Crippen molar-refractivity contribution in [2.75, 3.05) is 65.1 Å². The van der Waals surface area contributed by atoms with Crippen molar-refractivity contribution in [3.8, 4) is 11.3 Å². The summed E-state index contributed by atoms with van der Waals surface area (Å²) in [5, 5.41) is 6.82. The van der Waals surface area contributed by atoms with Crippen LogP contribution >= 0.6 is 0 Å². The third-order valence-corrected chi connectivity index (χ3v) is 8.13. The molecule has 0 atom stereocenters. The Balaban J connectivity index is 1.01. The van der Waals surface area contributed by atoms with Crippen LogP contribution in [0, 0.1) is 0 Å². The summed E-state index contributed by atoms with van der Waals surface area (Å²) >= 11 is 0. The first-order chi connectivity index (χ1) is 22.6. The summed E-state index contributed by atoms with van der Waals surface area (Å²) < 4.78 is 23.6. The van der Waals surface area contributed by atoms with E-state index in [0.29, 0.717) is 90.4 Å². The Labute approximate surface area is 267 Å². The van der Waals surface area contributed by atoms with Crippen molar-refractivity contribution in [1.82, 2.24) is 29.6 Å². The van der Waals surface area contributed by atoms with E-state index >= 15 is 0 Å². The zero-order valence-electron chi connectivity index (χ0n) is 26.2. The molecule has 1 amide bonds. The fourth-order valence-electron chi connectivity index (χ4n) is 5.76. The number of amides is 1. The van der Waals surface area contributed by atoms with Gasteiger partial charge < -0.3 is 34.6 Å². The minimum Gasteiger partial charge on any atom is -0.383 e. The van der Waals surface area contributed by atoms with Crippen LogP contribution in [0.5, 0.6) is 0 Å². The fourth-order valence-corrected chi connectivity index (χ4v) is 5.76. The van der Waals surface area contributed by atoms with Crippen LogP contribution in [0.3, 0.4) is 0 Å². The van der Waals surface area contributed by atoms with Crippen molar-refractivity contribution in [1.29, 1.82) is 0 Å². The Morgan fingerprint density at radius 2 is 1.70 bits per heavy atom. The molecule has 3 aromatic heterocycles. The minimum absolute atomic E-state index is 0.101. The Morgan fingerprint density at radius 3 is 2.50 bits per heavy atom. The Hall–Kier alpha value is -4.36. The molecule has 0 saturated carbocycles. The Morgan fingerprint density at radius 1 is 0.913 bits per heavy atom. The largest absolute Gasteiger partial charge is 0.383 e. The summed E-state index contributed by atoms with van der Waals surface area (Å²) in [4.78, 5) is 26.8. The summed E-state index contributed by atoms with van der Waals surface area (Å²) in [6.45, 7) is 7.98. The van der Waals surface area contributed by atoms with Crippen LogP contribution in [-0.4, -0.2) is 94.9 Å². The number of carbonyl (C=O) groups excluding carboxylic acids is 1. The van der Waals surface area contributed by atoms with E-state index in [-0.39, 0.29) is 5.91 Å². The second kappa shape index (κ2) is 15.3. The second-order valence-electron chi connectivity index (χ2n) is 11.2. The third kappa shape index (κ3) is 7.53. The average Bonchev–Trinajstić information content (AvgIpc) is 3.70. The molecular formula is C34H41N7O5. The molecule has 0 fully saturated rings. The molecule has 6 rings (SSSR count). The van der Waals surface area contributed by atoms with Gasteiger partial charge in [-0.2, -0.15) is 5.10 Å². The first-order valence-electron chi connectivity index (χ1n) is 15.8. The molecule has 46 heavy (non-hydrogen) atoms. The lowest BCUT2D eigenvalue weighted by Crippen LogP contribution is -2.36. The number of H-pyrrole nitrogens is 1. The van der Waals surface area contributed by atoms with Gasteiger partial charge in [-0.05, 0) is 48.2 Å². The first-order valence-corrected chi connectivity index (χ1v) is 15.8. The molecule has 3 N–H and O–H groups in total. The topological polar surface area (TPSA) is 143 Å². The predicted molar refractivity (Wildman–Crippen MR) is 175 cm³/mol. The summed E-state index contributed by atoms with van der Waals surface area (Å²) in [5.74, 6) is 0.508. The van der Waals surface area contributed by atoms with E-state index in [9.17, 15) is 4.79 Å². The molecule has 0 spiro atoms. The van der Waals surface area contributed by atoms with Crippen LogP contribution in [0.25, 0.3) is 33.2 Å². The summed E-state index contributed by atoms with van der Waals surface area (Å²) in [7, 11) is 0. The third-order valence-electron chi connectivity index (χ3n) is 8.13. The quantitative estimate of drug-likeness (QED) is 0.155. The zero-order valence-corrected chi connectivity index (χ0v) is 26.2. The molecule has 5 aromatic rings. The maximum atomic E-state index is 12.9. The van der Waals surface area contributed by atoms with Gasteiger partial charge in [0.15, 0.2) is 5.65 Å². The number of benzene rings is 2. The fraction of sp³-hybridized carbons (Fsp3) is 0.412. The standard InChI is InChI=1S/C34H41N7O5/c1-2-43-13-14-45-17-18-46-16-15-44-12-9-30(42)40-11-8-25-19-24(3-4-28(25)22-40)21-41-34-31(33(35)37-23-38-34)32(39-41)27-5-6-29-26(20-27)7-10-36-29/h3-7,10,19-20,23,36H,2,8-9,11-18,21-22H2,1H3,(H2,35,37,38). The first kappa shape index (κ1) is 31.6. The van der Waals surface area contributed by atoms with Crippen molar-refractivity contribution in [3.63, 3.8) is 0 Å². The van der Waals surface area contributed by atoms with Gasteiger partial charge in [-0.3, -0.25) is 4.79 Å². The zero-order chi connectivity index (χ0) is 31.7. The molecule has 1 aliphatic rings. The van der Waals surface area contributed by atoms with Gasteiger partial charge >= 0.3 is 0 Å². The predicted octanol–water partition coefficient (Wildman–Crippen LogP) is 3.97. The van der Waals surface area contributed by atoms with E-state index in [2.05, 4.69) is 39.2 Å². The number of carbonyl (C=O) groups is 1. The number of rotatable bonds is 16. The van der Waals surface area contributed by atoms with Crippen molar-refractivity contribution in [2.45, 2.75) is 32.9 Å². The smallest absolute Gasteiger partial charge is 0.225 e. The van der Waals surface area contributed by atoms with Gasteiger partial charge in [-0.15, -0.1) is 0 Å². The van der Waals surface area contributed by atoms with Crippen LogP contribution in [0.2, 0.25) is 0 Å². The molecule has 0 radical (unpaired) electrons. The summed E-state index contributed by atoms with van der Waals surface area (Å²) in [6.07, 6.45) is 4.56. The van der Waals surface area contributed by atoms with Crippen LogP contribution in [0.1, 0.15) is 30.0 Å². The number of nitrogens with two attached hydrogens (primary N) is 1. The highest BCUT2D eigenvalue weighted by molar-refractivity contribution is 5.99. The lowest BCUT2D eigenvalue weighted by atomic mass is 9.97. The highest BCUT2D eigenvalue weighted by Gasteiger charge is 2.22. The number of hydrogen-bond donors (Lipinski definition) is 2. The van der Waals surface area contributed by atoms with E-state index in [4.69, 9.17) is 29.8 Å². The Bertz CT molecular complexity index is 1770. The van der Waals surface area contributed by atoms with Crippen molar-refractivity contribution >= 4 is 33.7 Å². The number of ether oxygens (including phenoxy) is 4. The van der Waals surface area contributed by atoms with Crippen molar-refractivity contribution in [2.24, 2.45) is 0 Å². The van der Waals surface area contributed by atoms with Gasteiger partial charge in [0.2, 0.25) is 5.91 Å². The molecular weight excluding hydrogens is 586 g/mol. The van der Waals surface area contributed by atoms with Gasteiger partial charge in [0.1, 0.15) is 17.8 Å². The molecule has 242 valence electrons. The highest BCUT2D eigenvalue weighted by Crippen LogP contribution is 2.32. The number of anilines is 1. The number of aromatic nitrogens is 5. The number of nitrogens with zero attached hydrogens (tertiary/aromatic N) is 5. The normalized spacial score (nSPS) is 13.1. The van der Waals surface area contributed by atoms with Gasteiger partial charge in [0, 0.05) is 42.4 Å². The number of nitrogen functional groups attached to an aromatic ring is 1. The molecule has 12 nitrogen and oxygen atoms in total. The van der Waals surface area contributed by atoms with Crippen LogP contribution in [0.4, 0.5) is 5.82 Å². The SMILES string of the molecule is CCOCCOCCOCCOCCC(=O)N1CCc2cc(Cn3nc(-c4ccc5[nH]ccc5c4)c4c(N)ncnc43)ccc2C1. The van der Waals surface area contributed by atoms with Gasteiger partial charge in [-0.1, -0.05) is 24.3 Å². The van der Waals surface area contributed by atoms with Gasteiger partial charge in [-0.25, -0.2) is 14.6 Å². The minimum atomic E-state index is 0.101. The molecule has 1 aliphatic heterocycles. The molecule has 0 saturated heterocycles. The lowest BCUT2D eigenvalue weighted by Gasteiger charge is -2.29. The molecule has 2 aromatic carbocycles. The van der Waals surface area contributed by atoms with E-state index in [1.54, 1.807) is 0 Å². The number of fused-ring (bicyclic) bond motifs is 3. The second-order valence-corrected chi connectivity index (χ2v) is 11.2. The van der Waals surface area contributed by atoms with E-state index in [0.717, 1.165) is 39.5 Å². The van der Waals surface area contributed by atoms with Gasteiger partial charge in [0.05, 0.1) is 64.6 Å². The maximum absolute atomic E-state index is 12.9. The van der Waals surface area contributed by atoms with Crippen molar-refractivity contribution in [3.05, 3.63) is 71.7 Å². The molecule has 0 unspecified atom stereocenters. The molecule has 0 bridgehead atoms. The van der Waals surface area contributed by atoms with Crippen LogP contribution < -0.4 is 5.73 Å². The van der Waals surface area contributed by atoms with E-state index in [1.165, 1.54) is 17.5 Å². The molecule has 4 heterocycles. The van der Waals surface area contributed by atoms with Crippen LogP contribution in [-0.2, 0) is 43.3 Å². The summed E-state index contributed by atoms with van der Waals surface area (Å²) in [5.41, 5.74) is 13.4. The Kier molecular flexibility index (Phi) is 10.5. The number of nitrogens with one attached hydrogen (secondary N) is 1. The van der Waals surface area contributed by atoms with Crippen molar-refractivity contribution < 1.29 is 23.7 Å². The van der Waals surface area contributed by atoms with Crippen LogP contribution in [0.15, 0.2) is 55.0 Å². The number of hydrogen-bond acceptors (Lipinski definition) is 9. The maximum Gasteiger partial charge on any atom is 0.225 e. The monoisotopic (exact) mass is 627 g/mol. The lowest BCUT2D eigenvalue weighted by molar-refractivity contribution is -0.133. The van der Waals surface area contributed by atoms with E-state index < -0.39 is 0 Å². The van der Waals surface area contributed by atoms with Gasteiger partial charge in [0.25, 0.3) is 0 Å². The average molecular weight is 628 g/mol. The van der Waals surface area contributed by atoms with E-state index in [1.807, 2.05) is 40.9 Å². The highest BCUT2D eigenvalue weighted by atomic mass is 16.6.